The van der Waals surface area contributed by atoms with E-state index in [0.29, 0.717) is 49.4 Å². The molecule has 3 saturated heterocycles. The summed E-state index contributed by atoms with van der Waals surface area (Å²) in [6.45, 7) is 7.45. The predicted molar refractivity (Wildman–Crippen MR) is 181 cm³/mol. The van der Waals surface area contributed by atoms with E-state index in [1.807, 2.05) is 23.1 Å². The van der Waals surface area contributed by atoms with Gasteiger partial charge in [-0.25, -0.2) is 0 Å². The van der Waals surface area contributed by atoms with Crippen LogP contribution in [-0.4, -0.2) is 81.8 Å². The molecule has 0 spiro atoms. The first-order chi connectivity index (χ1) is 21.9. The van der Waals surface area contributed by atoms with Crippen LogP contribution in [0.25, 0.3) is 10.8 Å². The van der Waals surface area contributed by atoms with Crippen LogP contribution in [0.4, 0.5) is 5.82 Å². The fourth-order valence-corrected chi connectivity index (χ4v) is 8.87. The summed E-state index contributed by atoms with van der Waals surface area (Å²) in [6, 6.07) is 11.1. The Bertz CT molecular complexity index is 1610. The fraction of sp³-hybridized carbons (Fsp3) is 0.571. The van der Waals surface area contributed by atoms with Gasteiger partial charge in [-0.2, -0.15) is 9.97 Å². The van der Waals surface area contributed by atoms with Crippen molar-refractivity contribution in [2.45, 2.75) is 89.5 Å². The molecule has 3 unspecified atom stereocenters. The third kappa shape index (κ3) is 5.65. The quantitative estimate of drug-likeness (QED) is 0.302. The van der Waals surface area contributed by atoms with Gasteiger partial charge >= 0.3 is 6.01 Å². The molecule has 9 nitrogen and oxygen atoms in total. The molecule has 0 radical (unpaired) electrons. The van der Waals surface area contributed by atoms with Crippen LogP contribution in [0.3, 0.4) is 0 Å². The molecule has 8 rings (SSSR count). The van der Waals surface area contributed by atoms with E-state index in [4.69, 9.17) is 19.4 Å². The van der Waals surface area contributed by atoms with Gasteiger partial charge in [0.05, 0.1) is 44.2 Å². The SMILES string of the molecule is CC1CCCCCN1c1nc(OCC2(CN3C4CCC3COC4)CC2)nc2c1CN(C(=O)c1cc(O)cc3cccc(I)c13)C2. The lowest BCUT2D eigenvalue weighted by Crippen LogP contribution is -2.49. The molecule has 1 amide bonds. The molecule has 2 bridgehead atoms. The number of nitrogens with zero attached hydrogens (tertiary/aromatic N) is 5. The molecule has 4 aliphatic heterocycles. The molecule has 5 heterocycles. The number of aromatic nitrogens is 2. The Morgan fingerprint density at radius 3 is 2.71 bits per heavy atom. The van der Waals surface area contributed by atoms with Gasteiger partial charge in [0.15, 0.2) is 0 Å². The Labute approximate surface area is 278 Å². The summed E-state index contributed by atoms with van der Waals surface area (Å²) in [5.74, 6) is 0.914. The first-order valence-electron chi connectivity index (χ1n) is 16.7. The number of rotatable bonds is 7. The van der Waals surface area contributed by atoms with Gasteiger partial charge in [-0.1, -0.05) is 25.0 Å². The number of ether oxygens (including phenoxy) is 2. The molecule has 1 saturated carbocycles. The second kappa shape index (κ2) is 11.8. The van der Waals surface area contributed by atoms with Crippen molar-refractivity contribution in [1.29, 1.82) is 0 Å². The van der Waals surface area contributed by atoms with Gasteiger partial charge in [-0.15, -0.1) is 0 Å². The number of hydrogen-bond acceptors (Lipinski definition) is 8. The number of phenols is 1. The van der Waals surface area contributed by atoms with E-state index in [2.05, 4.69) is 39.3 Å². The van der Waals surface area contributed by atoms with Crippen LogP contribution in [0.5, 0.6) is 11.8 Å². The van der Waals surface area contributed by atoms with Gasteiger partial charge in [0.2, 0.25) is 0 Å². The Morgan fingerprint density at radius 1 is 1.09 bits per heavy atom. The zero-order valence-electron chi connectivity index (χ0n) is 26.0. The van der Waals surface area contributed by atoms with E-state index >= 15 is 0 Å². The maximum atomic E-state index is 14.1. The Morgan fingerprint density at radius 2 is 1.91 bits per heavy atom. The molecule has 2 aromatic carbocycles. The molecule has 1 N–H and O–H groups in total. The smallest absolute Gasteiger partial charge is 0.318 e. The lowest BCUT2D eigenvalue weighted by molar-refractivity contribution is -0.0271. The van der Waals surface area contributed by atoms with E-state index in [1.54, 1.807) is 12.1 Å². The summed E-state index contributed by atoms with van der Waals surface area (Å²) in [4.78, 5) is 31.2. The standard InChI is InChI=1S/C35H42IN5O4/c1-22-6-3-2-4-13-40(22)32-28-16-39(33(43)27-15-26(42)14-23-7-5-8-29(36)31(23)27)17-30(28)37-34(38-32)45-21-35(11-12-35)20-41-24-9-10-25(41)19-44-18-24/h5,7-8,14-15,22,24-25,42H,2-4,6,9-13,16-21H2,1H3. The monoisotopic (exact) mass is 723 g/mol. The highest BCUT2D eigenvalue weighted by molar-refractivity contribution is 14.1. The molecule has 3 atom stereocenters. The van der Waals surface area contributed by atoms with Gasteiger partial charge in [0, 0.05) is 51.1 Å². The van der Waals surface area contributed by atoms with E-state index in [1.165, 1.54) is 38.5 Å². The van der Waals surface area contributed by atoms with E-state index in [-0.39, 0.29) is 17.1 Å². The van der Waals surface area contributed by atoms with Crippen LogP contribution in [0.2, 0.25) is 0 Å². The van der Waals surface area contributed by atoms with Gasteiger partial charge < -0.3 is 24.4 Å². The number of amides is 1. The molecule has 5 aliphatic rings. The van der Waals surface area contributed by atoms with E-state index in [9.17, 15) is 9.90 Å². The Balaban J connectivity index is 1.08. The summed E-state index contributed by atoms with van der Waals surface area (Å²) in [7, 11) is 0. The molecule has 3 aromatic rings. The second-order valence-electron chi connectivity index (χ2n) is 14.0. The van der Waals surface area contributed by atoms with Crippen LogP contribution in [-0.2, 0) is 17.8 Å². The maximum Gasteiger partial charge on any atom is 0.318 e. The normalized spacial score (nSPS) is 25.8. The van der Waals surface area contributed by atoms with Crippen molar-refractivity contribution >= 4 is 45.1 Å². The number of benzene rings is 2. The summed E-state index contributed by atoms with van der Waals surface area (Å²) in [5, 5.41) is 12.2. The molecular formula is C35H42IN5O4. The number of carbonyl (C=O) groups is 1. The first kappa shape index (κ1) is 29.7. The zero-order valence-corrected chi connectivity index (χ0v) is 28.2. The largest absolute Gasteiger partial charge is 0.508 e. The number of halogens is 1. The van der Waals surface area contributed by atoms with Crippen LogP contribution in [0.1, 0.15) is 79.9 Å². The topological polar surface area (TPSA) is 91.3 Å². The zero-order chi connectivity index (χ0) is 30.7. The van der Waals surface area contributed by atoms with Crippen molar-refractivity contribution in [1.82, 2.24) is 19.8 Å². The lowest BCUT2D eigenvalue weighted by Gasteiger charge is -2.37. The summed E-state index contributed by atoms with van der Waals surface area (Å²) in [5.41, 5.74) is 2.57. The summed E-state index contributed by atoms with van der Waals surface area (Å²) < 4.78 is 13.3. The number of morpholine rings is 1. The average molecular weight is 724 g/mol. The average Bonchev–Trinajstić information content (AvgIpc) is 3.67. The summed E-state index contributed by atoms with van der Waals surface area (Å²) in [6.07, 6.45) is 9.50. The van der Waals surface area contributed by atoms with Crippen LogP contribution < -0.4 is 9.64 Å². The predicted octanol–water partition coefficient (Wildman–Crippen LogP) is 5.89. The number of anilines is 1. The highest BCUT2D eigenvalue weighted by Gasteiger charge is 2.49. The van der Waals surface area contributed by atoms with Crippen LogP contribution in [0, 0.1) is 8.99 Å². The number of carbonyl (C=O) groups excluding carboxylic acids is 1. The minimum atomic E-state index is -0.104. The number of fused-ring (bicyclic) bond motifs is 4. The maximum absolute atomic E-state index is 14.1. The molecule has 238 valence electrons. The van der Waals surface area contributed by atoms with Crippen molar-refractivity contribution in [2.24, 2.45) is 5.41 Å². The summed E-state index contributed by atoms with van der Waals surface area (Å²) >= 11 is 2.27. The lowest BCUT2D eigenvalue weighted by atomic mass is 10.0. The second-order valence-corrected chi connectivity index (χ2v) is 15.2. The highest BCUT2D eigenvalue weighted by atomic mass is 127. The molecule has 1 aliphatic carbocycles. The van der Waals surface area contributed by atoms with E-state index in [0.717, 1.165) is 70.6 Å². The van der Waals surface area contributed by atoms with Gasteiger partial charge in [0.1, 0.15) is 11.6 Å². The highest BCUT2D eigenvalue weighted by Crippen LogP contribution is 2.49. The van der Waals surface area contributed by atoms with E-state index < -0.39 is 0 Å². The third-order valence-electron chi connectivity index (χ3n) is 10.9. The van der Waals surface area contributed by atoms with Crippen molar-refractivity contribution in [3.8, 4) is 11.8 Å². The van der Waals surface area contributed by atoms with Crippen LogP contribution >= 0.6 is 22.6 Å². The molecule has 1 aromatic heterocycles. The van der Waals surface area contributed by atoms with Gasteiger partial charge in [-0.3, -0.25) is 9.69 Å². The van der Waals surface area contributed by atoms with Gasteiger partial charge in [-0.05, 0) is 91.6 Å². The van der Waals surface area contributed by atoms with Crippen molar-refractivity contribution in [3.05, 3.63) is 50.7 Å². The molecular weight excluding hydrogens is 681 g/mol. The fourth-order valence-electron chi connectivity index (χ4n) is 8.06. The van der Waals surface area contributed by atoms with Gasteiger partial charge in [0.25, 0.3) is 5.91 Å². The first-order valence-corrected chi connectivity index (χ1v) is 17.8. The number of aromatic hydroxyl groups is 1. The molecule has 10 heteroatoms. The molecule has 4 fully saturated rings. The minimum absolute atomic E-state index is 0.0956. The minimum Gasteiger partial charge on any atom is -0.508 e. The van der Waals surface area contributed by atoms with Crippen molar-refractivity contribution in [2.75, 3.05) is 37.8 Å². The number of hydrogen-bond donors (Lipinski definition) is 1. The van der Waals surface area contributed by atoms with Crippen molar-refractivity contribution < 1.29 is 19.4 Å². The molecule has 45 heavy (non-hydrogen) atoms. The Hall–Kier alpha value is -2.70. The van der Waals surface area contributed by atoms with Crippen molar-refractivity contribution in [3.63, 3.8) is 0 Å². The third-order valence-corrected chi connectivity index (χ3v) is 11.8. The number of phenolic OH excluding ortho intramolecular Hbond substituents is 1. The van der Waals surface area contributed by atoms with Crippen LogP contribution in [0.15, 0.2) is 30.3 Å². The Kier molecular flexibility index (Phi) is 7.80.